The molecule has 1 fully saturated rings. The van der Waals surface area contributed by atoms with Gasteiger partial charge in [0, 0.05) is 31.5 Å². The van der Waals surface area contributed by atoms with Crippen molar-refractivity contribution in [2.24, 2.45) is 11.7 Å². The smallest absolute Gasteiger partial charge is 0.0546 e. The summed E-state index contributed by atoms with van der Waals surface area (Å²) in [6.07, 6.45) is 5.43. The van der Waals surface area contributed by atoms with Gasteiger partial charge in [-0.25, -0.2) is 0 Å². The summed E-state index contributed by atoms with van der Waals surface area (Å²) in [5, 5.41) is 9.29. The Bertz CT molecular complexity index is 338. The largest absolute Gasteiger partial charge is 0.393 e. The molecule has 1 aliphatic rings. The van der Waals surface area contributed by atoms with Gasteiger partial charge in [0.1, 0.15) is 0 Å². The Morgan fingerprint density at radius 3 is 2.88 bits per heavy atom. The first kappa shape index (κ1) is 12.5. The fourth-order valence-corrected chi connectivity index (χ4v) is 2.53. The summed E-state index contributed by atoms with van der Waals surface area (Å²) >= 11 is 0. The van der Waals surface area contributed by atoms with Gasteiger partial charge in [0.2, 0.25) is 0 Å². The van der Waals surface area contributed by atoms with E-state index in [4.69, 9.17) is 5.73 Å². The van der Waals surface area contributed by atoms with Crippen molar-refractivity contribution in [2.45, 2.75) is 25.0 Å². The minimum atomic E-state index is -0.0804. The van der Waals surface area contributed by atoms with E-state index in [2.05, 4.69) is 23.0 Å². The van der Waals surface area contributed by atoms with E-state index in [0.717, 1.165) is 24.9 Å². The van der Waals surface area contributed by atoms with E-state index in [-0.39, 0.29) is 12.1 Å². The van der Waals surface area contributed by atoms with Gasteiger partial charge in [-0.15, -0.1) is 0 Å². The highest BCUT2D eigenvalue weighted by molar-refractivity contribution is 5.14. The fraction of sp³-hybridized carbons (Fsp3) is 0.615. The summed E-state index contributed by atoms with van der Waals surface area (Å²) in [6.45, 7) is 1.59. The Morgan fingerprint density at radius 2 is 2.35 bits per heavy atom. The van der Waals surface area contributed by atoms with E-state index >= 15 is 0 Å². The fourth-order valence-electron chi connectivity index (χ4n) is 2.53. The predicted molar refractivity (Wildman–Crippen MR) is 67.4 cm³/mol. The van der Waals surface area contributed by atoms with E-state index in [1.807, 2.05) is 12.3 Å². The van der Waals surface area contributed by atoms with Crippen molar-refractivity contribution in [3.8, 4) is 0 Å². The van der Waals surface area contributed by atoms with Crippen molar-refractivity contribution < 1.29 is 5.11 Å². The minimum absolute atomic E-state index is 0.0804. The summed E-state index contributed by atoms with van der Waals surface area (Å²) in [7, 11) is 2.09. The first-order valence-corrected chi connectivity index (χ1v) is 6.19. The standard InChI is InChI=1S/C13H21N3O/c1-16(9-10-5-12(17)6-10)13(7-14)11-3-2-4-15-8-11/h2-4,8,10,12-13,17H,5-7,9,14H2,1H3. The number of hydrogen-bond acceptors (Lipinski definition) is 4. The molecule has 1 heterocycles. The molecule has 4 nitrogen and oxygen atoms in total. The third-order valence-corrected chi connectivity index (χ3v) is 3.58. The minimum Gasteiger partial charge on any atom is -0.393 e. The van der Waals surface area contributed by atoms with Crippen LogP contribution in [0.25, 0.3) is 0 Å². The first-order valence-electron chi connectivity index (χ1n) is 6.19. The van der Waals surface area contributed by atoms with Crippen LogP contribution in [-0.4, -0.2) is 41.2 Å². The second-order valence-corrected chi connectivity index (χ2v) is 4.97. The molecule has 0 spiro atoms. The van der Waals surface area contributed by atoms with Gasteiger partial charge in [0.05, 0.1) is 6.10 Å². The lowest BCUT2D eigenvalue weighted by Crippen LogP contribution is -2.40. The maximum absolute atomic E-state index is 9.29. The molecule has 0 bridgehead atoms. The van der Waals surface area contributed by atoms with E-state index in [0.29, 0.717) is 12.5 Å². The molecule has 17 heavy (non-hydrogen) atoms. The number of likely N-dealkylation sites (N-methyl/N-ethyl adjacent to an activating group) is 1. The molecule has 1 aromatic rings. The second-order valence-electron chi connectivity index (χ2n) is 4.97. The Kier molecular flexibility index (Phi) is 4.10. The van der Waals surface area contributed by atoms with Crippen LogP contribution in [-0.2, 0) is 0 Å². The third-order valence-electron chi connectivity index (χ3n) is 3.58. The second kappa shape index (κ2) is 5.58. The molecule has 1 unspecified atom stereocenters. The SMILES string of the molecule is CN(CC1CC(O)C1)C(CN)c1cccnc1. The van der Waals surface area contributed by atoms with Gasteiger partial charge in [0.15, 0.2) is 0 Å². The quantitative estimate of drug-likeness (QED) is 0.792. The lowest BCUT2D eigenvalue weighted by Gasteiger charge is -2.37. The molecule has 0 amide bonds. The summed E-state index contributed by atoms with van der Waals surface area (Å²) in [5.41, 5.74) is 7.01. The molecule has 0 radical (unpaired) electrons. The van der Waals surface area contributed by atoms with Gasteiger partial charge in [-0.2, -0.15) is 0 Å². The number of aliphatic hydroxyl groups is 1. The summed E-state index contributed by atoms with van der Waals surface area (Å²) < 4.78 is 0. The monoisotopic (exact) mass is 235 g/mol. The van der Waals surface area contributed by atoms with Crippen LogP contribution in [0.15, 0.2) is 24.5 Å². The average molecular weight is 235 g/mol. The van der Waals surface area contributed by atoms with Crippen LogP contribution in [0.5, 0.6) is 0 Å². The number of nitrogens with two attached hydrogens (primary N) is 1. The Balaban J connectivity index is 1.93. The molecule has 0 aliphatic heterocycles. The maximum atomic E-state index is 9.29. The topological polar surface area (TPSA) is 62.4 Å². The number of rotatable bonds is 5. The highest BCUT2D eigenvalue weighted by Gasteiger charge is 2.29. The third kappa shape index (κ3) is 3.03. The van der Waals surface area contributed by atoms with Gasteiger partial charge in [-0.3, -0.25) is 9.88 Å². The summed E-state index contributed by atoms with van der Waals surface area (Å²) in [6, 6.07) is 4.23. The Hall–Kier alpha value is -0.970. The highest BCUT2D eigenvalue weighted by atomic mass is 16.3. The molecule has 0 aromatic carbocycles. The molecular formula is C13H21N3O. The molecule has 1 atom stereocenters. The molecule has 1 aliphatic carbocycles. The highest BCUT2D eigenvalue weighted by Crippen LogP contribution is 2.29. The van der Waals surface area contributed by atoms with Crippen LogP contribution >= 0.6 is 0 Å². The zero-order valence-electron chi connectivity index (χ0n) is 10.3. The first-order chi connectivity index (χ1) is 8.20. The molecule has 1 aromatic heterocycles. The lowest BCUT2D eigenvalue weighted by atomic mass is 9.82. The molecule has 2 rings (SSSR count). The number of nitrogens with zero attached hydrogens (tertiary/aromatic N) is 2. The van der Waals surface area contributed by atoms with Crippen LogP contribution in [0.1, 0.15) is 24.4 Å². The molecule has 3 N–H and O–H groups in total. The number of pyridine rings is 1. The number of aromatic nitrogens is 1. The van der Waals surface area contributed by atoms with Crippen LogP contribution in [0, 0.1) is 5.92 Å². The van der Waals surface area contributed by atoms with Crippen molar-refractivity contribution in [1.29, 1.82) is 0 Å². The molecule has 4 heteroatoms. The lowest BCUT2D eigenvalue weighted by molar-refractivity contribution is 0.0224. The van der Waals surface area contributed by atoms with Gasteiger partial charge in [-0.1, -0.05) is 6.07 Å². The van der Waals surface area contributed by atoms with Gasteiger partial charge in [-0.05, 0) is 37.4 Å². The molecule has 94 valence electrons. The van der Waals surface area contributed by atoms with Crippen LogP contribution in [0.3, 0.4) is 0 Å². The predicted octanol–water partition coefficient (Wildman–Crippen LogP) is 0.784. The summed E-state index contributed by atoms with van der Waals surface area (Å²) in [5.74, 6) is 0.612. The van der Waals surface area contributed by atoms with E-state index in [1.54, 1.807) is 6.20 Å². The van der Waals surface area contributed by atoms with E-state index < -0.39 is 0 Å². The van der Waals surface area contributed by atoms with Gasteiger partial charge < -0.3 is 10.8 Å². The average Bonchev–Trinajstić information content (AvgIpc) is 2.29. The van der Waals surface area contributed by atoms with Gasteiger partial charge >= 0.3 is 0 Å². The van der Waals surface area contributed by atoms with Crippen molar-refractivity contribution in [3.05, 3.63) is 30.1 Å². The van der Waals surface area contributed by atoms with E-state index in [1.165, 1.54) is 0 Å². The van der Waals surface area contributed by atoms with Crippen molar-refractivity contribution in [1.82, 2.24) is 9.88 Å². The van der Waals surface area contributed by atoms with Gasteiger partial charge in [0.25, 0.3) is 0 Å². The van der Waals surface area contributed by atoms with Crippen molar-refractivity contribution in [3.63, 3.8) is 0 Å². The van der Waals surface area contributed by atoms with Crippen LogP contribution in [0.2, 0.25) is 0 Å². The normalized spacial score (nSPS) is 25.6. The van der Waals surface area contributed by atoms with Crippen molar-refractivity contribution >= 4 is 0 Å². The van der Waals surface area contributed by atoms with Crippen LogP contribution in [0.4, 0.5) is 0 Å². The molecule has 0 saturated heterocycles. The zero-order valence-corrected chi connectivity index (χ0v) is 10.3. The zero-order chi connectivity index (χ0) is 12.3. The number of hydrogen-bond donors (Lipinski definition) is 2. The Labute approximate surface area is 102 Å². The number of aliphatic hydroxyl groups excluding tert-OH is 1. The molecular weight excluding hydrogens is 214 g/mol. The van der Waals surface area contributed by atoms with Crippen molar-refractivity contribution in [2.75, 3.05) is 20.1 Å². The molecule has 1 saturated carbocycles. The Morgan fingerprint density at radius 1 is 1.59 bits per heavy atom. The maximum Gasteiger partial charge on any atom is 0.0546 e. The summed E-state index contributed by atoms with van der Waals surface area (Å²) in [4.78, 5) is 6.41. The van der Waals surface area contributed by atoms with E-state index in [9.17, 15) is 5.11 Å². The van der Waals surface area contributed by atoms with Crippen LogP contribution < -0.4 is 5.73 Å².